The Balaban J connectivity index is 0.00000341. The molecule has 2 heterocycles. The fourth-order valence-corrected chi connectivity index (χ4v) is 3.80. The molecule has 3 rings (SSSR count). The summed E-state index contributed by atoms with van der Waals surface area (Å²) in [4.78, 5) is 7.28. The van der Waals surface area contributed by atoms with Gasteiger partial charge in [-0.1, -0.05) is 6.42 Å². The number of guanidine groups is 1. The molecule has 0 spiro atoms. The van der Waals surface area contributed by atoms with Crippen molar-refractivity contribution < 1.29 is 13.9 Å². The van der Waals surface area contributed by atoms with Crippen molar-refractivity contribution in [2.75, 3.05) is 40.4 Å². The second-order valence-corrected chi connectivity index (χ2v) is 7.38. The van der Waals surface area contributed by atoms with Gasteiger partial charge in [0.2, 0.25) is 0 Å². The summed E-state index contributed by atoms with van der Waals surface area (Å²) in [6, 6.07) is 10.0. The van der Waals surface area contributed by atoms with Gasteiger partial charge in [-0.2, -0.15) is 0 Å². The highest BCUT2D eigenvalue weighted by molar-refractivity contribution is 14.0. The number of hydrogen-bond acceptors (Lipinski definition) is 5. The fourth-order valence-electron chi connectivity index (χ4n) is 3.80. The van der Waals surface area contributed by atoms with E-state index in [1.165, 1.54) is 19.3 Å². The lowest BCUT2D eigenvalue weighted by atomic mass is 10.1. The average molecular weight is 542 g/mol. The number of halogens is 1. The van der Waals surface area contributed by atoms with Gasteiger partial charge in [-0.25, -0.2) is 4.99 Å². The molecule has 2 N–H and O–H groups in total. The third-order valence-corrected chi connectivity index (χ3v) is 5.41. The molecule has 0 amide bonds. The Bertz CT molecular complexity index is 792. The van der Waals surface area contributed by atoms with Crippen LogP contribution in [0.2, 0.25) is 0 Å². The van der Waals surface area contributed by atoms with Gasteiger partial charge in [-0.05, 0) is 57.1 Å². The summed E-state index contributed by atoms with van der Waals surface area (Å²) >= 11 is 0. The van der Waals surface area contributed by atoms with Crippen molar-refractivity contribution in [3.8, 4) is 11.5 Å². The molecule has 0 bridgehead atoms. The quantitative estimate of drug-likeness (QED) is 0.281. The molecule has 1 fully saturated rings. The van der Waals surface area contributed by atoms with Gasteiger partial charge in [0, 0.05) is 24.7 Å². The Morgan fingerprint density at radius 3 is 2.58 bits per heavy atom. The number of nitrogens with zero attached hydrogens (tertiary/aromatic N) is 2. The van der Waals surface area contributed by atoms with Crippen LogP contribution in [0.5, 0.6) is 11.5 Å². The normalized spacial score (nSPS) is 15.6. The van der Waals surface area contributed by atoms with Gasteiger partial charge in [-0.3, -0.25) is 4.90 Å². The monoisotopic (exact) mass is 542 g/mol. The number of likely N-dealkylation sites (tertiary alicyclic amines) is 1. The zero-order chi connectivity index (χ0) is 21.2. The molecule has 7 nitrogen and oxygen atoms in total. The molecule has 31 heavy (non-hydrogen) atoms. The minimum absolute atomic E-state index is 0. The molecule has 1 unspecified atom stereocenters. The molecule has 1 aromatic carbocycles. The first-order valence-electron chi connectivity index (χ1n) is 10.8. The molecular weight excluding hydrogens is 507 g/mol. The Labute approximate surface area is 202 Å². The summed E-state index contributed by atoms with van der Waals surface area (Å²) in [5, 5.41) is 6.85. The first kappa shape index (κ1) is 25.3. The lowest BCUT2D eigenvalue weighted by molar-refractivity contribution is 0.146. The summed E-state index contributed by atoms with van der Waals surface area (Å²) in [7, 11) is 3.32. The van der Waals surface area contributed by atoms with Gasteiger partial charge in [0.25, 0.3) is 0 Å². The van der Waals surface area contributed by atoms with Crippen molar-refractivity contribution in [1.29, 1.82) is 0 Å². The highest BCUT2D eigenvalue weighted by Crippen LogP contribution is 2.26. The van der Waals surface area contributed by atoms with E-state index in [0.717, 1.165) is 55.0 Å². The Morgan fingerprint density at radius 2 is 1.94 bits per heavy atom. The number of methoxy groups -OCH3 is 2. The van der Waals surface area contributed by atoms with E-state index in [1.807, 2.05) is 24.3 Å². The van der Waals surface area contributed by atoms with E-state index in [9.17, 15) is 0 Å². The molecule has 1 aliphatic rings. The number of furan rings is 1. The van der Waals surface area contributed by atoms with Crippen molar-refractivity contribution in [1.82, 2.24) is 15.5 Å². The summed E-state index contributed by atoms with van der Waals surface area (Å²) in [6.07, 6.45) is 5.54. The van der Waals surface area contributed by atoms with Gasteiger partial charge < -0.3 is 24.5 Å². The minimum Gasteiger partial charge on any atom is -0.497 e. The topological polar surface area (TPSA) is 71.3 Å². The molecule has 2 aromatic rings. The maximum absolute atomic E-state index is 5.75. The summed E-state index contributed by atoms with van der Waals surface area (Å²) in [5.74, 6) is 3.32. The van der Waals surface area contributed by atoms with Crippen LogP contribution in [0.15, 0.2) is 46.0 Å². The van der Waals surface area contributed by atoms with Crippen LogP contribution < -0.4 is 20.1 Å². The zero-order valence-electron chi connectivity index (χ0n) is 18.7. The average Bonchev–Trinajstić information content (AvgIpc) is 3.32. The van der Waals surface area contributed by atoms with Crippen LogP contribution in [0, 0.1) is 0 Å². The molecular formula is C23H35IN4O3. The molecule has 1 saturated heterocycles. The van der Waals surface area contributed by atoms with Gasteiger partial charge in [-0.15, -0.1) is 24.0 Å². The van der Waals surface area contributed by atoms with Crippen LogP contribution in [0.1, 0.15) is 43.6 Å². The third kappa shape index (κ3) is 7.31. The first-order chi connectivity index (χ1) is 14.7. The molecule has 0 aliphatic carbocycles. The summed E-state index contributed by atoms with van der Waals surface area (Å²) in [5.41, 5.74) is 1.01. The van der Waals surface area contributed by atoms with E-state index in [4.69, 9.17) is 18.9 Å². The summed E-state index contributed by atoms with van der Waals surface area (Å²) in [6.45, 7) is 6.31. The first-order valence-corrected chi connectivity index (χ1v) is 10.8. The smallest absolute Gasteiger partial charge is 0.191 e. The maximum Gasteiger partial charge on any atom is 0.191 e. The van der Waals surface area contributed by atoms with Gasteiger partial charge in [0.15, 0.2) is 5.96 Å². The second kappa shape index (κ2) is 13.5. The van der Waals surface area contributed by atoms with Crippen LogP contribution in [0.4, 0.5) is 0 Å². The fraction of sp³-hybridized carbons (Fsp3) is 0.522. The van der Waals surface area contributed by atoms with E-state index in [-0.39, 0.29) is 30.0 Å². The number of nitrogens with one attached hydrogen (secondary N) is 2. The second-order valence-electron chi connectivity index (χ2n) is 7.38. The summed E-state index contributed by atoms with van der Waals surface area (Å²) < 4.78 is 16.5. The van der Waals surface area contributed by atoms with E-state index in [1.54, 1.807) is 20.5 Å². The Kier molecular flexibility index (Phi) is 11.0. The standard InChI is InChI=1S/C23H34N4O3.HI/c1-4-24-23(25-16-18-10-11-19(28-2)15-22(18)29-3)26-17-20(21-9-8-14-30-21)27-12-6-5-7-13-27;/h8-11,14-15,20H,4-7,12-13,16-17H2,1-3H3,(H2,24,25,26);1H. The van der Waals surface area contributed by atoms with E-state index < -0.39 is 0 Å². The maximum atomic E-state index is 5.75. The molecule has 1 atom stereocenters. The van der Waals surface area contributed by atoms with Crippen LogP contribution in [0.3, 0.4) is 0 Å². The lowest BCUT2D eigenvalue weighted by Crippen LogP contribution is -2.44. The van der Waals surface area contributed by atoms with Gasteiger partial charge >= 0.3 is 0 Å². The van der Waals surface area contributed by atoms with Crippen molar-refractivity contribution in [2.24, 2.45) is 4.99 Å². The van der Waals surface area contributed by atoms with Crippen LogP contribution in [0.25, 0.3) is 0 Å². The molecule has 172 valence electrons. The van der Waals surface area contributed by atoms with E-state index in [0.29, 0.717) is 6.54 Å². The number of piperidine rings is 1. The zero-order valence-corrected chi connectivity index (χ0v) is 21.1. The minimum atomic E-state index is 0. The predicted octanol–water partition coefficient (Wildman–Crippen LogP) is 4.20. The van der Waals surface area contributed by atoms with Gasteiger partial charge in [0.05, 0.1) is 33.1 Å². The van der Waals surface area contributed by atoms with Crippen molar-refractivity contribution >= 4 is 29.9 Å². The number of ether oxygens (including phenoxy) is 2. The number of rotatable bonds is 9. The van der Waals surface area contributed by atoms with Crippen LogP contribution >= 0.6 is 24.0 Å². The third-order valence-electron chi connectivity index (χ3n) is 5.41. The molecule has 1 aliphatic heterocycles. The highest BCUT2D eigenvalue weighted by Gasteiger charge is 2.24. The van der Waals surface area contributed by atoms with Crippen molar-refractivity contribution in [3.05, 3.63) is 47.9 Å². The Hall–Kier alpha value is -1.94. The SMILES string of the molecule is CCNC(=NCc1ccc(OC)cc1OC)NCC(c1ccco1)N1CCCCC1.I. The molecule has 8 heteroatoms. The van der Waals surface area contributed by atoms with Crippen molar-refractivity contribution in [2.45, 2.75) is 38.8 Å². The molecule has 0 saturated carbocycles. The van der Waals surface area contributed by atoms with E-state index in [2.05, 4.69) is 28.5 Å². The lowest BCUT2D eigenvalue weighted by Gasteiger charge is -2.33. The molecule has 0 radical (unpaired) electrons. The largest absolute Gasteiger partial charge is 0.497 e. The Morgan fingerprint density at radius 1 is 1.13 bits per heavy atom. The predicted molar refractivity (Wildman–Crippen MR) is 135 cm³/mol. The van der Waals surface area contributed by atoms with Gasteiger partial charge in [0.1, 0.15) is 17.3 Å². The van der Waals surface area contributed by atoms with Crippen LogP contribution in [-0.2, 0) is 6.54 Å². The number of hydrogen-bond donors (Lipinski definition) is 2. The van der Waals surface area contributed by atoms with Crippen molar-refractivity contribution in [3.63, 3.8) is 0 Å². The number of aliphatic imine (C=N–C) groups is 1. The van der Waals surface area contributed by atoms with E-state index >= 15 is 0 Å². The number of benzene rings is 1. The highest BCUT2D eigenvalue weighted by atomic mass is 127. The van der Waals surface area contributed by atoms with Crippen LogP contribution in [-0.4, -0.2) is 51.3 Å². The molecule has 1 aromatic heterocycles.